The van der Waals surface area contributed by atoms with E-state index in [-0.39, 0.29) is 11.0 Å². The molecular weight excluding hydrogens is 484 g/mol. The molecule has 0 aromatic heterocycles. The highest BCUT2D eigenvalue weighted by Gasteiger charge is 2.25. The Bertz CT molecular complexity index is 1300. The van der Waals surface area contributed by atoms with Gasteiger partial charge in [-0.2, -0.15) is 0 Å². The van der Waals surface area contributed by atoms with Crippen molar-refractivity contribution in [2.75, 3.05) is 28.4 Å². The third-order valence-electron chi connectivity index (χ3n) is 5.92. The summed E-state index contributed by atoms with van der Waals surface area (Å²) in [6.45, 7) is 0. The van der Waals surface area contributed by atoms with Crippen LogP contribution in [0.1, 0.15) is 33.5 Å². The lowest BCUT2D eigenvalue weighted by Crippen LogP contribution is -2.01. The molecule has 1 aliphatic carbocycles. The molecule has 0 unspecified atom stereocenters. The zero-order valence-corrected chi connectivity index (χ0v) is 21.5. The fraction of sp³-hybridized carbons (Fsp3) is 0.286. The van der Waals surface area contributed by atoms with Crippen LogP contribution in [0.2, 0.25) is 0 Å². The van der Waals surface area contributed by atoms with E-state index in [2.05, 4.69) is 0 Å². The first kappa shape index (κ1) is 26.9. The molecule has 4 rings (SSSR count). The number of fused-ring (bicyclic) bond motifs is 3. The summed E-state index contributed by atoms with van der Waals surface area (Å²) in [7, 11) is 6.33. The minimum atomic E-state index is -0.919. The minimum Gasteiger partial charge on any atom is -0.493 e. The van der Waals surface area contributed by atoms with E-state index < -0.39 is 5.97 Å². The molecular formula is C28H29ClO7. The molecule has 0 fully saturated rings. The Balaban J connectivity index is 0.000000275. The van der Waals surface area contributed by atoms with Crippen LogP contribution < -0.4 is 24.4 Å². The van der Waals surface area contributed by atoms with Crippen LogP contribution in [-0.4, -0.2) is 39.5 Å². The zero-order chi connectivity index (χ0) is 26.2. The maximum Gasteiger partial charge on any atom is 0.335 e. The molecule has 3 aromatic rings. The summed E-state index contributed by atoms with van der Waals surface area (Å²) in [6.07, 6.45) is 2.62. The van der Waals surface area contributed by atoms with E-state index in [0.29, 0.717) is 28.9 Å². The number of carboxylic acids is 1. The van der Waals surface area contributed by atoms with Crippen LogP contribution in [0.5, 0.6) is 23.0 Å². The summed E-state index contributed by atoms with van der Waals surface area (Å²) in [6, 6.07) is 13.9. The molecule has 0 atom stereocenters. The van der Waals surface area contributed by atoms with Crippen LogP contribution in [0.3, 0.4) is 0 Å². The number of carbonyl (C=O) groups is 1. The fourth-order valence-corrected chi connectivity index (χ4v) is 4.40. The van der Waals surface area contributed by atoms with E-state index in [9.17, 15) is 9.59 Å². The Morgan fingerprint density at radius 2 is 1.56 bits per heavy atom. The van der Waals surface area contributed by atoms with Gasteiger partial charge in [0.15, 0.2) is 17.2 Å². The second-order valence-electron chi connectivity index (χ2n) is 8.02. The molecule has 8 heteroatoms. The second kappa shape index (κ2) is 12.3. The van der Waals surface area contributed by atoms with Crippen molar-refractivity contribution in [2.24, 2.45) is 0 Å². The van der Waals surface area contributed by atoms with Gasteiger partial charge in [0.2, 0.25) is 11.2 Å². The first-order valence-corrected chi connectivity index (χ1v) is 11.8. The Kier molecular flexibility index (Phi) is 9.19. The van der Waals surface area contributed by atoms with Crippen molar-refractivity contribution in [3.05, 3.63) is 81.0 Å². The predicted molar refractivity (Wildman–Crippen MR) is 139 cm³/mol. The van der Waals surface area contributed by atoms with Gasteiger partial charge in [-0.3, -0.25) is 4.79 Å². The lowest BCUT2D eigenvalue weighted by Gasteiger charge is -2.19. The number of hydrogen-bond acceptors (Lipinski definition) is 6. The number of halogens is 1. The number of alkyl halides is 1. The number of aryl methyl sites for hydroxylation is 2. The molecule has 190 valence electrons. The van der Waals surface area contributed by atoms with Gasteiger partial charge in [0.05, 0.1) is 34.0 Å². The summed E-state index contributed by atoms with van der Waals surface area (Å²) in [4.78, 5) is 22.7. The summed E-state index contributed by atoms with van der Waals surface area (Å²) in [5, 5.41) is 8.56. The molecule has 0 aliphatic heterocycles. The molecule has 1 N–H and O–H groups in total. The van der Waals surface area contributed by atoms with Crippen molar-refractivity contribution in [2.45, 2.75) is 25.1 Å². The first-order valence-electron chi connectivity index (χ1n) is 11.3. The maximum atomic E-state index is 12.3. The Hall–Kier alpha value is -3.71. The number of aromatic carboxylic acids is 1. The third kappa shape index (κ3) is 5.74. The fourth-order valence-electron chi connectivity index (χ4n) is 4.23. The molecule has 0 heterocycles. The van der Waals surface area contributed by atoms with Crippen molar-refractivity contribution in [1.29, 1.82) is 0 Å². The molecule has 0 amide bonds. The van der Waals surface area contributed by atoms with Gasteiger partial charge in [-0.15, -0.1) is 11.6 Å². The number of carboxylic acid groups (broad SMARTS) is 1. The van der Waals surface area contributed by atoms with Crippen LogP contribution in [0.4, 0.5) is 0 Å². The number of rotatable bonds is 6. The van der Waals surface area contributed by atoms with Crippen molar-refractivity contribution in [3.8, 4) is 34.1 Å². The van der Waals surface area contributed by atoms with Crippen LogP contribution in [-0.2, 0) is 18.7 Å². The highest BCUT2D eigenvalue weighted by Crippen LogP contribution is 2.48. The van der Waals surface area contributed by atoms with E-state index in [0.717, 1.165) is 47.1 Å². The van der Waals surface area contributed by atoms with Gasteiger partial charge in [-0.05, 0) is 71.8 Å². The molecule has 36 heavy (non-hydrogen) atoms. The highest BCUT2D eigenvalue weighted by molar-refractivity contribution is 6.17. The van der Waals surface area contributed by atoms with E-state index in [1.807, 2.05) is 12.1 Å². The SMILES string of the molecule is COc1cc2c(c(OC)c1OC)-c1ccc(OC)c(=O)cc1CCC2.O=C(O)c1cccc(CCl)c1. The maximum absolute atomic E-state index is 12.3. The normalized spacial score (nSPS) is 11.6. The van der Waals surface area contributed by atoms with Crippen LogP contribution in [0.15, 0.2) is 53.3 Å². The van der Waals surface area contributed by atoms with E-state index in [4.69, 9.17) is 35.7 Å². The summed E-state index contributed by atoms with van der Waals surface area (Å²) < 4.78 is 21.9. The summed E-state index contributed by atoms with van der Waals surface area (Å²) in [5.41, 5.74) is 5.00. The van der Waals surface area contributed by atoms with Crippen molar-refractivity contribution in [1.82, 2.24) is 0 Å². The van der Waals surface area contributed by atoms with E-state index in [1.54, 1.807) is 57.7 Å². The number of ether oxygens (including phenoxy) is 4. The van der Waals surface area contributed by atoms with E-state index >= 15 is 0 Å². The smallest absolute Gasteiger partial charge is 0.335 e. The van der Waals surface area contributed by atoms with Gasteiger partial charge >= 0.3 is 5.97 Å². The van der Waals surface area contributed by atoms with Gasteiger partial charge < -0.3 is 24.1 Å². The van der Waals surface area contributed by atoms with Gasteiger partial charge in [0.1, 0.15) is 0 Å². The Morgan fingerprint density at radius 1 is 0.861 bits per heavy atom. The number of hydrogen-bond donors (Lipinski definition) is 1. The molecule has 0 bridgehead atoms. The standard InChI is InChI=1S/C20H22O5.C8H7ClO2/c1-22-16-9-8-14-12(10-15(16)21)6-5-7-13-11-17(23-2)19(24-3)20(25-4)18(13)14;9-5-6-2-1-3-7(4-6)8(10)11/h8-11H,5-7H2,1-4H3;1-4H,5H2,(H,10,11). The van der Waals surface area contributed by atoms with Gasteiger partial charge in [0, 0.05) is 11.4 Å². The van der Waals surface area contributed by atoms with Gasteiger partial charge in [0.25, 0.3) is 0 Å². The summed E-state index contributed by atoms with van der Waals surface area (Å²) >= 11 is 5.51. The highest BCUT2D eigenvalue weighted by atomic mass is 35.5. The third-order valence-corrected chi connectivity index (χ3v) is 6.23. The molecule has 3 aromatic carbocycles. The molecule has 0 saturated carbocycles. The average Bonchev–Trinajstić information content (AvgIpc) is 3.16. The lowest BCUT2D eigenvalue weighted by atomic mass is 9.96. The van der Waals surface area contributed by atoms with Crippen molar-refractivity contribution in [3.63, 3.8) is 0 Å². The summed E-state index contributed by atoms with van der Waals surface area (Å²) in [5.74, 6) is 1.58. The molecule has 7 nitrogen and oxygen atoms in total. The number of methoxy groups -OCH3 is 4. The van der Waals surface area contributed by atoms with Crippen molar-refractivity contribution < 1.29 is 28.8 Å². The van der Waals surface area contributed by atoms with Crippen LogP contribution in [0.25, 0.3) is 11.1 Å². The molecule has 0 saturated heterocycles. The molecule has 1 aliphatic rings. The number of benzene rings is 2. The van der Waals surface area contributed by atoms with Gasteiger partial charge in [-0.25, -0.2) is 4.79 Å². The second-order valence-corrected chi connectivity index (χ2v) is 8.29. The Morgan fingerprint density at radius 3 is 2.17 bits per heavy atom. The first-order chi connectivity index (χ1) is 17.4. The lowest BCUT2D eigenvalue weighted by molar-refractivity contribution is 0.0696. The van der Waals surface area contributed by atoms with Crippen molar-refractivity contribution >= 4 is 17.6 Å². The van der Waals surface area contributed by atoms with Crippen LogP contribution in [0, 0.1) is 0 Å². The molecule has 0 radical (unpaired) electrons. The Labute approximate surface area is 215 Å². The monoisotopic (exact) mass is 512 g/mol. The van der Waals surface area contributed by atoms with Crippen LogP contribution >= 0.6 is 11.6 Å². The predicted octanol–water partition coefficient (Wildman–Crippen LogP) is 5.36. The van der Waals surface area contributed by atoms with Gasteiger partial charge in [-0.1, -0.05) is 18.2 Å². The minimum absolute atomic E-state index is 0.119. The topological polar surface area (TPSA) is 91.3 Å². The quantitative estimate of drug-likeness (QED) is 0.444. The average molecular weight is 513 g/mol. The zero-order valence-electron chi connectivity index (χ0n) is 20.7. The molecule has 0 spiro atoms. The largest absolute Gasteiger partial charge is 0.493 e. The van der Waals surface area contributed by atoms with E-state index in [1.165, 1.54) is 7.11 Å².